The second-order valence-electron chi connectivity index (χ2n) is 4.80. The van der Waals surface area contributed by atoms with Gasteiger partial charge in [0.25, 0.3) is 6.43 Å². The summed E-state index contributed by atoms with van der Waals surface area (Å²) in [7, 11) is 0. The fourth-order valence-corrected chi connectivity index (χ4v) is 2.44. The number of alkyl halides is 2. The van der Waals surface area contributed by atoms with Gasteiger partial charge in [-0.15, -0.1) is 0 Å². The molecule has 0 saturated heterocycles. The van der Waals surface area contributed by atoms with Crippen molar-refractivity contribution in [3.63, 3.8) is 0 Å². The number of hydrogen-bond acceptors (Lipinski definition) is 2. The number of nitrogens with zero attached hydrogens (tertiary/aromatic N) is 1. The molecule has 1 aliphatic heterocycles. The maximum absolute atomic E-state index is 13.9. The molecular weight excluding hydrogens is 286 g/mol. The van der Waals surface area contributed by atoms with Crippen LogP contribution in [0.2, 0.25) is 0 Å². The summed E-state index contributed by atoms with van der Waals surface area (Å²) in [6.45, 7) is 0. The number of benzene rings is 1. The van der Waals surface area contributed by atoms with Gasteiger partial charge < -0.3 is 4.74 Å². The summed E-state index contributed by atoms with van der Waals surface area (Å²) < 4.78 is 57.4. The Morgan fingerprint density at radius 2 is 1.95 bits per heavy atom. The van der Waals surface area contributed by atoms with Crippen LogP contribution in [0.5, 0.6) is 5.88 Å². The van der Waals surface area contributed by atoms with Gasteiger partial charge in [0.2, 0.25) is 5.88 Å². The van der Waals surface area contributed by atoms with Crippen molar-refractivity contribution >= 4 is 0 Å². The Balaban J connectivity index is 2.04. The minimum Gasteiger partial charge on any atom is -0.468 e. The van der Waals surface area contributed by atoms with E-state index in [1.54, 1.807) is 6.07 Å². The molecule has 0 amide bonds. The van der Waals surface area contributed by atoms with Crippen LogP contribution < -0.4 is 4.74 Å². The summed E-state index contributed by atoms with van der Waals surface area (Å²) in [6, 6.07) is 4.82. The molecule has 3 rings (SSSR count). The lowest BCUT2D eigenvalue weighted by Crippen LogP contribution is -2.30. The Hall–Kier alpha value is -2.11. The summed E-state index contributed by atoms with van der Waals surface area (Å²) in [6.07, 6.45) is -1.98. The SMILES string of the molecule is Fc1ccc(-c2ccnc3c2CCC(C(F)F)O3)c(F)c1. The van der Waals surface area contributed by atoms with Crippen molar-refractivity contribution in [1.82, 2.24) is 4.98 Å². The molecule has 0 bridgehead atoms. The molecule has 0 saturated carbocycles. The van der Waals surface area contributed by atoms with Gasteiger partial charge in [-0.3, -0.25) is 0 Å². The fraction of sp³-hybridized carbons (Fsp3) is 0.267. The highest BCUT2D eigenvalue weighted by atomic mass is 19.3. The van der Waals surface area contributed by atoms with Gasteiger partial charge in [-0.1, -0.05) is 0 Å². The van der Waals surface area contributed by atoms with Gasteiger partial charge in [-0.25, -0.2) is 22.5 Å². The number of ether oxygens (including phenoxy) is 1. The minimum absolute atomic E-state index is 0.0905. The van der Waals surface area contributed by atoms with E-state index in [1.807, 2.05) is 0 Å². The molecule has 0 spiro atoms. The molecule has 0 aliphatic carbocycles. The number of aromatic nitrogens is 1. The topological polar surface area (TPSA) is 22.1 Å². The Morgan fingerprint density at radius 3 is 2.67 bits per heavy atom. The summed E-state index contributed by atoms with van der Waals surface area (Å²) in [5.74, 6) is -1.29. The van der Waals surface area contributed by atoms with E-state index in [2.05, 4.69) is 4.98 Å². The molecule has 6 heteroatoms. The molecule has 1 unspecified atom stereocenters. The predicted octanol–water partition coefficient (Wildman–Crippen LogP) is 3.99. The number of hydrogen-bond donors (Lipinski definition) is 0. The molecule has 0 radical (unpaired) electrons. The summed E-state index contributed by atoms with van der Waals surface area (Å²) >= 11 is 0. The van der Waals surface area contributed by atoms with Gasteiger partial charge >= 0.3 is 0 Å². The number of halogens is 4. The van der Waals surface area contributed by atoms with Gasteiger partial charge in [-0.05, 0) is 36.6 Å². The van der Waals surface area contributed by atoms with E-state index in [0.717, 1.165) is 12.1 Å². The summed E-state index contributed by atoms with van der Waals surface area (Å²) in [4.78, 5) is 3.93. The Labute approximate surface area is 118 Å². The van der Waals surface area contributed by atoms with Crippen molar-refractivity contribution in [3.8, 4) is 17.0 Å². The lowest BCUT2D eigenvalue weighted by molar-refractivity contribution is -0.00207. The monoisotopic (exact) mass is 297 g/mol. The first-order chi connectivity index (χ1) is 10.1. The maximum atomic E-state index is 13.9. The van der Waals surface area contributed by atoms with Crippen molar-refractivity contribution in [2.45, 2.75) is 25.4 Å². The zero-order valence-electron chi connectivity index (χ0n) is 10.8. The third kappa shape index (κ3) is 2.57. The lowest BCUT2D eigenvalue weighted by atomic mass is 9.95. The van der Waals surface area contributed by atoms with Crippen LogP contribution >= 0.6 is 0 Å². The van der Waals surface area contributed by atoms with Crippen LogP contribution in [-0.2, 0) is 6.42 Å². The molecule has 21 heavy (non-hydrogen) atoms. The van der Waals surface area contributed by atoms with Crippen molar-refractivity contribution in [3.05, 3.63) is 47.7 Å². The molecule has 0 fully saturated rings. The largest absolute Gasteiger partial charge is 0.468 e. The molecular formula is C15H11F4NO. The van der Waals surface area contributed by atoms with Crippen LogP contribution in [-0.4, -0.2) is 17.5 Å². The Bertz CT molecular complexity index is 675. The number of rotatable bonds is 2. The lowest BCUT2D eigenvalue weighted by Gasteiger charge is -2.26. The van der Waals surface area contributed by atoms with E-state index >= 15 is 0 Å². The molecule has 1 aromatic heterocycles. The molecule has 1 aliphatic rings. The maximum Gasteiger partial charge on any atom is 0.274 e. The minimum atomic E-state index is -2.59. The molecule has 110 valence electrons. The van der Waals surface area contributed by atoms with Gasteiger partial charge in [0.15, 0.2) is 6.10 Å². The standard InChI is InChI=1S/C15H11F4NO/c16-8-1-2-10(12(17)7-8)9-5-6-20-15-11(9)3-4-13(21-15)14(18)19/h1-2,5-7,13-14H,3-4H2. The van der Waals surface area contributed by atoms with Gasteiger partial charge in [0.05, 0.1) is 0 Å². The third-order valence-electron chi connectivity index (χ3n) is 3.46. The van der Waals surface area contributed by atoms with Gasteiger partial charge in [0.1, 0.15) is 11.6 Å². The van der Waals surface area contributed by atoms with Crippen LogP contribution in [0, 0.1) is 11.6 Å². The molecule has 2 nitrogen and oxygen atoms in total. The molecule has 1 atom stereocenters. The number of pyridine rings is 1. The van der Waals surface area contributed by atoms with Crippen LogP contribution in [0.4, 0.5) is 17.6 Å². The fourth-order valence-electron chi connectivity index (χ4n) is 2.44. The molecule has 1 aromatic carbocycles. The summed E-state index contributed by atoms with van der Waals surface area (Å²) in [5, 5.41) is 0. The van der Waals surface area contributed by atoms with E-state index in [-0.39, 0.29) is 17.9 Å². The van der Waals surface area contributed by atoms with Crippen molar-refractivity contribution in [2.75, 3.05) is 0 Å². The third-order valence-corrected chi connectivity index (χ3v) is 3.46. The zero-order valence-corrected chi connectivity index (χ0v) is 10.8. The first-order valence-corrected chi connectivity index (χ1v) is 6.44. The highest BCUT2D eigenvalue weighted by Gasteiger charge is 2.30. The van der Waals surface area contributed by atoms with E-state index < -0.39 is 24.2 Å². The predicted molar refractivity (Wildman–Crippen MR) is 68.3 cm³/mol. The van der Waals surface area contributed by atoms with Crippen LogP contribution in [0.1, 0.15) is 12.0 Å². The van der Waals surface area contributed by atoms with Crippen LogP contribution in [0.15, 0.2) is 30.5 Å². The normalized spacial score (nSPS) is 17.5. The zero-order chi connectivity index (χ0) is 15.0. The highest BCUT2D eigenvalue weighted by molar-refractivity contribution is 5.69. The molecule has 2 heterocycles. The summed E-state index contributed by atoms with van der Waals surface area (Å²) in [5.41, 5.74) is 1.26. The van der Waals surface area contributed by atoms with Crippen molar-refractivity contribution in [2.24, 2.45) is 0 Å². The Morgan fingerprint density at radius 1 is 1.14 bits per heavy atom. The van der Waals surface area contributed by atoms with E-state index in [0.29, 0.717) is 17.5 Å². The average molecular weight is 297 g/mol. The number of fused-ring (bicyclic) bond motifs is 1. The quantitative estimate of drug-likeness (QED) is 0.782. The Kier molecular flexibility index (Phi) is 3.53. The van der Waals surface area contributed by atoms with Crippen molar-refractivity contribution in [1.29, 1.82) is 0 Å². The smallest absolute Gasteiger partial charge is 0.274 e. The highest BCUT2D eigenvalue weighted by Crippen LogP contribution is 2.36. The van der Waals surface area contributed by atoms with E-state index in [9.17, 15) is 17.6 Å². The molecule has 2 aromatic rings. The van der Waals surface area contributed by atoms with E-state index in [1.165, 1.54) is 12.3 Å². The molecule has 0 N–H and O–H groups in total. The van der Waals surface area contributed by atoms with Crippen LogP contribution in [0.25, 0.3) is 11.1 Å². The van der Waals surface area contributed by atoms with Gasteiger partial charge in [-0.2, -0.15) is 0 Å². The van der Waals surface area contributed by atoms with Gasteiger partial charge in [0, 0.05) is 23.4 Å². The van der Waals surface area contributed by atoms with Crippen LogP contribution in [0.3, 0.4) is 0 Å². The first-order valence-electron chi connectivity index (χ1n) is 6.44. The second-order valence-corrected chi connectivity index (χ2v) is 4.80. The van der Waals surface area contributed by atoms with E-state index in [4.69, 9.17) is 4.74 Å². The average Bonchev–Trinajstić information content (AvgIpc) is 2.46. The second kappa shape index (κ2) is 5.35. The first kappa shape index (κ1) is 13.9. The van der Waals surface area contributed by atoms with Crippen molar-refractivity contribution < 1.29 is 22.3 Å².